The number of amides is 1. The summed E-state index contributed by atoms with van der Waals surface area (Å²) in [6, 6.07) is 12.8. The zero-order chi connectivity index (χ0) is 19.6. The Bertz CT molecular complexity index is 961. The highest BCUT2D eigenvalue weighted by atomic mass is 16.7. The van der Waals surface area contributed by atoms with Crippen LogP contribution in [0, 0.1) is 21.4 Å². The molecule has 1 amide bonds. The van der Waals surface area contributed by atoms with Crippen LogP contribution in [0.25, 0.3) is 0 Å². The Balaban J connectivity index is 1.97. The Morgan fingerprint density at radius 3 is 2.41 bits per heavy atom. The third-order valence-electron chi connectivity index (χ3n) is 4.05. The van der Waals surface area contributed by atoms with E-state index in [1.165, 1.54) is 31.4 Å². The second kappa shape index (κ2) is 7.05. The molecule has 9 heteroatoms. The van der Waals surface area contributed by atoms with E-state index in [2.05, 4.69) is 0 Å². The van der Waals surface area contributed by atoms with Gasteiger partial charge in [-0.1, -0.05) is 0 Å². The SMILES string of the molecule is COc1ccc(C(=O)N2OC(N)=C(C#N)C2c2ccc([N+](=O)[O-])cc2)cc1. The summed E-state index contributed by atoms with van der Waals surface area (Å²) in [5.41, 5.74) is 6.46. The van der Waals surface area contributed by atoms with Gasteiger partial charge in [-0.05, 0) is 42.0 Å². The lowest BCUT2D eigenvalue weighted by atomic mass is 9.99. The number of hydrogen-bond donors (Lipinski definition) is 1. The number of nitriles is 1. The van der Waals surface area contributed by atoms with Crippen LogP contribution in [0.3, 0.4) is 0 Å². The van der Waals surface area contributed by atoms with E-state index in [1.807, 2.05) is 6.07 Å². The van der Waals surface area contributed by atoms with E-state index in [0.717, 1.165) is 5.06 Å². The topological polar surface area (TPSA) is 132 Å². The van der Waals surface area contributed by atoms with Gasteiger partial charge in [0.15, 0.2) is 0 Å². The molecule has 1 aliphatic heterocycles. The monoisotopic (exact) mass is 366 g/mol. The molecular formula is C18H14N4O5. The van der Waals surface area contributed by atoms with E-state index in [9.17, 15) is 20.2 Å². The highest BCUT2D eigenvalue weighted by Crippen LogP contribution is 2.37. The number of carbonyl (C=O) groups excluding carboxylic acids is 1. The maximum atomic E-state index is 12.9. The minimum Gasteiger partial charge on any atom is -0.497 e. The molecule has 0 fully saturated rings. The molecule has 3 rings (SSSR count). The van der Waals surface area contributed by atoms with Crippen LogP contribution in [0.1, 0.15) is 22.0 Å². The van der Waals surface area contributed by atoms with Gasteiger partial charge in [-0.25, -0.2) is 0 Å². The molecule has 27 heavy (non-hydrogen) atoms. The normalized spacial score (nSPS) is 15.9. The molecule has 1 atom stereocenters. The Kier molecular flexibility index (Phi) is 4.64. The smallest absolute Gasteiger partial charge is 0.287 e. The summed E-state index contributed by atoms with van der Waals surface area (Å²) in [7, 11) is 1.51. The molecule has 0 spiro atoms. The number of ether oxygens (including phenoxy) is 1. The lowest BCUT2D eigenvalue weighted by Crippen LogP contribution is -2.31. The van der Waals surface area contributed by atoms with E-state index < -0.39 is 16.9 Å². The molecule has 136 valence electrons. The van der Waals surface area contributed by atoms with Crippen LogP contribution in [0.2, 0.25) is 0 Å². The number of nitro groups is 1. The number of rotatable bonds is 4. The molecule has 0 saturated heterocycles. The van der Waals surface area contributed by atoms with Gasteiger partial charge in [-0.3, -0.25) is 14.9 Å². The molecular weight excluding hydrogens is 352 g/mol. The first kappa shape index (κ1) is 17.8. The van der Waals surface area contributed by atoms with Crippen molar-refractivity contribution in [1.82, 2.24) is 5.06 Å². The number of nitro benzene ring substituents is 1. The molecule has 9 nitrogen and oxygen atoms in total. The predicted molar refractivity (Wildman–Crippen MR) is 92.9 cm³/mol. The van der Waals surface area contributed by atoms with Crippen LogP contribution in [0.15, 0.2) is 60.0 Å². The van der Waals surface area contributed by atoms with E-state index >= 15 is 0 Å². The van der Waals surface area contributed by atoms with Gasteiger partial charge in [0.2, 0.25) is 5.88 Å². The van der Waals surface area contributed by atoms with Crippen molar-refractivity contribution in [3.05, 3.63) is 81.2 Å². The van der Waals surface area contributed by atoms with Crippen molar-refractivity contribution in [3.8, 4) is 11.8 Å². The molecule has 1 unspecified atom stereocenters. The molecule has 0 saturated carbocycles. The van der Waals surface area contributed by atoms with Crippen LogP contribution in [-0.2, 0) is 4.84 Å². The Morgan fingerprint density at radius 1 is 1.26 bits per heavy atom. The summed E-state index contributed by atoms with van der Waals surface area (Å²) < 4.78 is 5.06. The van der Waals surface area contributed by atoms with Crippen molar-refractivity contribution < 1.29 is 19.3 Å². The van der Waals surface area contributed by atoms with E-state index in [-0.39, 0.29) is 17.1 Å². The predicted octanol–water partition coefficient (Wildman–Crippen LogP) is 2.43. The van der Waals surface area contributed by atoms with E-state index in [0.29, 0.717) is 16.9 Å². The minimum absolute atomic E-state index is 0.0470. The maximum absolute atomic E-state index is 12.9. The molecule has 1 aliphatic rings. The van der Waals surface area contributed by atoms with Crippen molar-refractivity contribution in [2.45, 2.75) is 6.04 Å². The van der Waals surface area contributed by atoms with Gasteiger partial charge >= 0.3 is 0 Å². The van der Waals surface area contributed by atoms with E-state index in [4.69, 9.17) is 15.3 Å². The molecule has 2 aromatic carbocycles. The molecule has 0 aromatic heterocycles. The number of methoxy groups -OCH3 is 1. The van der Waals surface area contributed by atoms with Gasteiger partial charge in [-0.15, -0.1) is 0 Å². The lowest BCUT2D eigenvalue weighted by Gasteiger charge is -2.23. The van der Waals surface area contributed by atoms with E-state index in [1.54, 1.807) is 24.3 Å². The summed E-state index contributed by atoms with van der Waals surface area (Å²) in [6.07, 6.45) is 0. The van der Waals surface area contributed by atoms with Crippen LogP contribution < -0.4 is 10.5 Å². The molecule has 0 aliphatic carbocycles. The maximum Gasteiger partial charge on any atom is 0.287 e. The number of carbonyl (C=O) groups is 1. The summed E-state index contributed by atoms with van der Waals surface area (Å²) in [5.74, 6) is -0.131. The zero-order valence-corrected chi connectivity index (χ0v) is 14.2. The summed E-state index contributed by atoms with van der Waals surface area (Å²) in [5, 5.41) is 21.2. The van der Waals surface area contributed by atoms with Crippen molar-refractivity contribution in [2.75, 3.05) is 7.11 Å². The zero-order valence-electron chi connectivity index (χ0n) is 14.2. The second-order valence-corrected chi connectivity index (χ2v) is 5.59. The summed E-state index contributed by atoms with van der Waals surface area (Å²) in [6.45, 7) is 0. The van der Waals surface area contributed by atoms with Gasteiger partial charge < -0.3 is 15.3 Å². The number of nitrogens with zero attached hydrogens (tertiary/aromatic N) is 3. The standard InChI is InChI=1S/C18H14N4O5/c1-26-14-8-4-12(5-9-14)18(23)21-16(15(10-19)17(20)27-21)11-2-6-13(7-3-11)22(24)25/h2-9,16H,20H2,1H3. The van der Waals surface area contributed by atoms with Gasteiger partial charge in [0, 0.05) is 17.7 Å². The first-order chi connectivity index (χ1) is 13.0. The number of non-ortho nitro benzene ring substituents is 1. The van der Waals surface area contributed by atoms with Gasteiger partial charge in [0.1, 0.15) is 23.4 Å². The van der Waals surface area contributed by atoms with Crippen molar-refractivity contribution >= 4 is 11.6 Å². The van der Waals surface area contributed by atoms with Crippen molar-refractivity contribution in [3.63, 3.8) is 0 Å². The van der Waals surface area contributed by atoms with Gasteiger partial charge in [-0.2, -0.15) is 10.3 Å². The minimum atomic E-state index is -0.912. The fourth-order valence-electron chi connectivity index (χ4n) is 2.68. The highest BCUT2D eigenvalue weighted by Gasteiger charge is 2.39. The first-order valence-electron chi connectivity index (χ1n) is 7.76. The average Bonchev–Trinajstić information content (AvgIpc) is 3.03. The van der Waals surface area contributed by atoms with Crippen molar-refractivity contribution in [1.29, 1.82) is 5.26 Å². The van der Waals surface area contributed by atoms with Gasteiger partial charge in [0.25, 0.3) is 11.6 Å². The van der Waals surface area contributed by atoms with Gasteiger partial charge in [0.05, 0.1) is 12.0 Å². The largest absolute Gasteiger partial charge is 0.497 e. The Labute approximate surface area is 153 Å². The van der Waals surface area contributed by atoms with Crippen LogP contribution >= 0.6 is 0 Å². The third-order valence-corrected chi connectivity index (χ3v) is 4.05. The Morgan fingerprint density at radius 2 is 1.89 bits per heavy atom. The van der Waals surface area contributed by atoms with Crippen molar-refractivity contribution in [2.24, 2.45) is 5.73 Å². The van der Waals surface area contributed by atoms with Crippen LogP contribution in [0.5, 0.6) is 5.75 Å². The lowest BCUT2D eigenvalue weighted by molar-refractivity contribution is -0.384. The summed E-state index contributed by atoms with van der Waals surface area (Å²) >= 11 is 0. The number of hydrogen-bond acceptors (Lipinski definition) is 7. The summed E-state index contributed by atoms with van der Waals surface area (Å²) in [4.78, 5) is 28.5. The van der Waals surface area contributed by atoms with Crippen LogP contribution in [-0.4, -0.2) is 23.0 Å². The molecule has 0 radical (unpaired) electrons. The molecule has 2 N–H and O–H groups in total. The molecule has 1 heterocycles. The first-order valence-corrected chi connectivity index (χ1v) is 7.76. The fraction of sp³-hybridized carbons (Fsp3) is 0.111. The quantitative estimate of drug-likeness (QED) is 0.649. The Hall–Kier alpha value is -4.06. The fourth-order valence-corrected chi connectivity index (χ4v) is 2.68. The number of benzene rings is 2. The highest BCUT2D eigenvalue weighted by molar-refractivity contribution is 5.94. The molecule has 2 aromatic rings. The van der Waals surface area contributed by atoms with Crippen LogP contribution in [0.4, 0.5) is 5.69 Å². The number of nitrogens with two attached hydrogens (primary N) is 1. The number of hydroxylamine groups is 2. The molecule has 0 bridgehead atoms. The average molecular weight is 366 g/mol. The second-order valence-electron chi connectivity index (χ2n) is 5.59. The third kappa shape index (κ3) is 3.23.